The van der Waals surface area contributed by atoms with Crippen LogP contribution in [0.5, 0.6) is 0 Å². The summed E-state index contributed by atoms with van der Waals surface area (Å²) >= 11 is 0. The first-order valence-electron chi connectivity index (χ1n) is 11.1. The van der Waals surface area contributed by atoms with E-state index in [9.17, 15) is 24.6 Å². The van der Waals surface area contributed by atoms with Crippen LogP contribution in [-0.2, 0) is 23.9 Å². The molecule has 5 rings (SSSR count). The number of cyclic esters (lactones) is 2. The summed E-state index contributed by atoms with van der Waals surface area (Å²) in [5.41, 5.74) is -7.32. The highest BCUT2D eigenvalue weighted by Crippen LogP contribution is 2.77. The Hall–Kier alpha value is -2.25. The third kappa shape index (κ3) is 1.84. The van der Waals surface area contributed by atoms with Crippen LogP contribution < -0.4 is 0 Å². The molecule has 32 heavy (non-hydrogen) atoms. The minimum Gasteiger partial charge on any atom is -0.458 e. The summed E-state index contributed by atoms with van der Waals surface area (Å²) in [5, 5.41) is 24.0. The Morgan fingerprint density at radius 3 is 2.34 bits per heavy atom. The lowest BCUT2D eigenvalue weighted by atomic mass is 9.44. The zero-order chi connectivity index (χ0) is 23.9. The Kier molecular flexibility index (Phi) is 3.68. The van der Waals surface area contributed by atoms with Crippen molar-refractivity contribution in [2.45, 2.75) is 77.3 Å². The van der Waals surface area contributed by atoms with Gasteiger partial charge in [0.1, 0.15) is 17.1 Å². The summed E-state index contributed by atoms with van der Waals surface area (Å²) in [6.45, 7) is 14.3. The number of hydrogen-bond donors (Lipinski definition) is 2. The number of ether oxygens (including phenoxy) is 2. The summed E-state index contributed by atoms with van der Waals surface area (Å²) in [4.78, 5) is 39.8. The van der Waals surface area contributed by atoms with Gasteiger partial charge < -0.3 is 19.7 Å². The number of carbonyl (C=O) groups is 3. The second kappa shape index (κ2) is 5.45. The van der Waals surface area contributed by atoms with Gasteiger partial charge in [-0.05, 0) is 57.8 Å². The van der Waals surface area contributed by atoms with Crippen molar-refractivity contribution in [2.24, 2.45) is 22.2 Å². The summed E-state index contributed by atoms with van der Waals surface area (Å²) < 4.78 is 11.1. The molecular weight excluding hydrogens is 412 g/mol. The molecule has 0 unspecified atom stereocenters. The SMILES string of the molecule is C=C1[C@@]2(C)C[C@H]3[C@@](C)(O)C4=C(C=C[C@]3(C)[C@@]13C(=O)O[C@@H](C)[C@@]3(O)C2=O)C(C)(C)OC(=O)C4. The van der Waals surface area contributed by atoms with Gasteiger partial charge in [-0.15, -0.1) is 0 Å². The molecule has 0 radical (unpaired) electrons. The number of carbonyl (C=O) groups excluding carboxylic acids is 3. The van der Waals surface area contributed by atoms with Crippen molar-refractivity contribution < 1.29 is 34.1 Å². The highest BCUT2D eigenvalue weighted by atomic mass is 16.6. The standard InChI is InChI=1S/C25H30O7/c1-12-21(5)11-16-22(6,24(12)19(28)31-13(2)25(24,30)18(21)27)9-8-14-15(23(16,7)29)10-17(26)32-20(14,3)4/h8-9,13,16,29-30H,1,10-11H2,2-7H3/t13-,16+,21+,22-,23-,24-,25+/m0/s1. The molecule has 2 N–H and O–H groups in total. The number of rotatable bonds is 0. The predicted octanol–water partition coefficient (Wildman–Crippen LogP) is 2.16. The van der Waals surface area contributed by atoms with Gasteiger partial charge in [0.15, 0.2) is 11.4 Å². The van der Waals surface area contributed by atoms with E-state index in [1.54, 1.807) is 46.8 Å². The molecule has 7 nitrogen and oxygen atoms in total. The van der Waals surface area contributed by atoms with Gasteiger partial charge in [-0.25, -0.2) is 0 Å². The van der Waals surface area contributed by atoms with Crippen molar-refractivity contribution in [2.75, 3.05) is 0 Å². The maximum Gasteiger partial charge on any atom is 0.321 e. The van der Waals surface area contributed by atoms with Gasteiger partial charge in [0.25, 0.3) is 0 Å². The molecule has 1 spiro atoms. The molecule has 0 aromatic heterocycles. The molecule has 7 heteroatoms. The molecule has 2 saturated carbocycles. The molecule has 2 aliphatic heterocycles. The number of ketones is 1. The van der Waals surface area contributed by atoms with Crippen molar-refractivity contribution in [3.05, 3.63) is 35.5 Å². The Labute approximate surface area is 187 Å². The first kappa shape index (κ1) is 21.6. The maximum absolute atomic E-state index is 13.8. The van der Waals surface area contributed by atoms with Gasteiger partial charge in [-0.2, -0.15) is 0 Å². The number of allylic oxidation sites excluding steroid dienone is 1. The van der Waals surface area contributed by atoms with Crippen LogP contribution in [0.3, 0.4) is 0 Å². The first-order chi connectivity index (χ1) is 14.5. The number of hydrogen-bond acceptors (Lipinski definition) is 7. The van der Waals surface area contributed by atoms with Crippen LogP contribution in [0, 0.1) is 22.2 Å². The third-order valence-corrected chi connectivity index (χ3v) is 9.41. The summed E-state index contributed by atoms with van der Waals surface area (Å²) in [6, 6.07) is 0. The fourth-order valence-electron chi connectivity index (χ4n) is 7.75. The van der Waals surface area contributed by atoms with E-state index in [1.807, 2.05) is 0 Å². The Morgan fingerprint density at radius 2 is 1.72 bits per heavy atom. The summed E-state index contributed by atoms with van der Waals surface area (Å²) in [7, 11) is 0. The first-order valence-corrected chi connectivity index (χ1v) is 11.1. The number of Topliss-reactive ketones (excluding diaryl/α,β-unsaturated/α-hetero) is 1. The second-order valence-corrected chi connectivity index (χ2v) is 11.3. The summed E-state index contributed by atoms with van der Waals surface area (Å²) in [6.07, 6.45) is 2.60. The van der Waals surface area contributed by atoms with E-state index in [-0.39, 0.29) is 12.8 Å². The van der Waals surface area contributed by atoms with Crippen molar-refractivity contribution in [1.82, 2.24) is 0 Å². The van der Waals surface area contributed by atoms with Gasteiger partial charge in [-0.3, -0.25) is 14.4 Å². The zero-order valence-corrected chi connectivity index (χ0v) is 19.4. The fraction of sp³-hybridized carbons (Fsp3) is 0.640. The van der Waals surface area contributed by atoms with E-state index in [0.717, 1.165) is 0 Å². The largest absolute Gasteiger partial charge is 0.458 e. The van der Waals surface area contributed by atoms with Gasteiger partial charge >= 0.3 is 11.9 Å². The lowest BCUT2D eigenvalue weighted by Crippen LogP contribution is -2.64. The van der Waals surface area contributed by atoms with Gasteiger partial charge in [-0.1, -0.05) is 25.7 Å². The molecule has 5 aliphatic rings. The van der Waals surface area contributed by atoms with Gasteiger partial charge in [0, 0.05) is 11.3 Å². The van der Waals surface area contributed by atoms with Crippen LogP contribution in [-0.4, -0.2) is 50.8 Å². The summed E-state index contributed by atoms with van der Waals surface area (Å²) in [5.74, 6) is -2.31. The average Bonchev–Trinajstić information content (AvgIpc) is 2.88. The zero-order valence-electron chi connectivity index (χ0n) is 19.4. The number of aliphatic hydroxyl groups is 2. The molecule has 172 valence electrons. The van der Waals surface area contributed by atoms with Crippen LogP contribution in [0.25, 0.3) is 0 Å². The molecule has 2 heterocycles. The third-order valence-electron chi connectivity index (χ3n) is 9.41. The monoisotopic (exact) mass is 442 g/mol. The molecule has 0 aromatic rings. The van der Waals surface area contributed by atoms with Crippen LogP contribution >= 0.6 is 0 Å². The smallest absolute Gasteiger partial charge is 0.321 e. The van der Waals surface area contributed by atoms with E-state index >= 15 is 0 Å². The van der Waals surface area contributed by atoms with Crippen LogP contribution in [0.2, 0.25) is 0 Å². The molecule has 3 fully saturated rings. The van der Waals surface area contributed by atoms with Crippen LogP contribution in [0.1, 0.15) is 54.4 Å². The molecule has 0 aromatic carbocycles. The van der Waals surface area contributed by atoms with E-state index in [1.165, 1.54) is 6.92 Å². The lowest BCUT2D eigenvalue weighted by molar-refractivity contribution is -0.166. The molecule has 2 bridgehead atoms. The molecule has 0 amide bonds. The Bertz CT molecular complexity index is 1090. The van der Waals surface area contributed by atoms with Crippen molar-refractivity contribution in [3.8, 4) is 0 Å². The number of esters is 2. The highest BCUT2D eigenvalue weighted by molar-refractivity contribution is 6.11. The average molecular weight is 443 g/mol. The van der Waals surface area contributed by atoms with Crippen LogP contribution in [0.15, 0.2) is 35.5 Å². The molecule has 7 atom stereocenters. The fourth-order valence-corrected chi connectivity index (χ4v) is 7.75. The van der Waals surface area contributed by atoms with Crippen LogP contribution in [0.4, 0.5) is 0 Å². The topological polar surface area (TPSA) is 110 Å². The molecular formula is C25H30O7. The normalized spacial score (nSPS) is 51.0. The van der Waals surface area contributed by atoms with Crippen molar-refractivity contribution in [3.63, 3.8) is 0 Å². The lowest BCUT2D eigenvalue weighted by Gasteiger charge is -2.57. The Balaban J connectivity index is 1.86. The minimum atomic E-state index is -2.10. The quantitative estimate of drug-likeness (QED) is 0.437. The van der Waals surface area contributed by atoms with Gasteiger partial charge in [0.2, 0.25) is 0 Å². The van der Waals surface area contributed by atoms with Crippen molar-refractivity contribution >= 4 is 17.7 Å². The maximum atomic E-state index is 13.8. The minimum absolute atomic E-state index is 0.0909. The highest BCUT2D eigenvalue weighted by Gasteiger charge is 2.88. The predicted molar refractivity (Wildman–Crippen MR) is 113 cm³/mol. The second-order valence-electron chi connectivity index (χ2n) is 11.3. The molecule has 1 saturated heterocycles. The van der Waals surface area contributed by atoms with Gasteiger partial charge in [0.05, 0.1) is 17.4 Å². The van der Waals surface area contributed by atoms with Crippen molar-refractivity contribution in [1.29, 1.82) is 0 Å². The van der Waals surface area contributed by atoms with E-state index in [2.05, 4.69) is 6.58 Å². The number of fused-ring (bicyclic) bond motifs is 2. The van der Waals surface area contributed by atoms with E-state index in [0.29, 0.717) is 16.7 Å². The van der Waals surface area contributed by atoms with E-state index < -0.39 is 62.8 Å². The van der Waals surface area contributed by atoms with E-state index in [4.69, 9.17) is 9.47 Å². The Morgan fingerprint density at radius 1 is 1.09 bits per heavy atom. The molecule has 3 aliphatic carbocycles.